The van der Waals surface area contributed by atoms with Crippen molar-refractivity contribution in [1.29, 1.82) is 0 Å². The zero-order chi connectivity index (χ0) is 10.8. The van der Waals surface area contributed by atoms with Gasteiger partial charge in [-0.1, -0.05) is 0 Å². The Bertz CT molecular complexity index is 325. The number of hydrogen-bond acceptors (Lipinski definition) is 5. The Kier molecular flexibility index (Phi) is 3.03. The van der Waals surface area contributed by atoms with Crippen LogP contribution in [0.25, 0.3) is 0 Å². The van der Waals surface area contributed by atoms with Crippen LogP contribution in [0.2, 0.25) is 0 Å². The van der Waals surface area contributed by atoms with Crippen LogP contribution in [0.5, 0.6) is 0 Å². The Hall–Kier alpha value is -1.20. The first-order valence-corrected chi connectivity index (χ1v) is 4.38. The van der Waals surface area contributed by atoms with Crippen LogP contribution < -0.4 is 11.5 Å². The molecule has 0 aromatic carbocycles. The van der Waals surface area contributed by atoms with Gasteiger partial charge in [0, 0.05) is 25.4 Å². The molecule has 0 atom stereocenters. The van der Waals surface area contributed by atoms with Gasteiger partial charge in [0.05, 0.1) is 0 Å². The van der Waals surface area contributed by atoms with Gasteiger partial charge in [-0.25, -0.2) is 9.97 Å². The molecule has 0 radical (unpaired) electrons. The number of aromatic nitrogens is 2. The standard InChI is InChI=1S/C9H16N4O/c1-9(2,14-3)8-12-5-6(4-10)7(11)13-8/h5H,4,10H2,1-3H3,(H2,11,12,13). The number of nitrogens with two attached hydrogens (primary N) is 2. The van der Waals surface area contributed by atoms with Crippen molar-refractivity contribution in [2.45, 2.75) is 26.0 Å². The normalized spacial score (nSPS) is 11.7. The number of nitrogens with zero attached hydrogens (tertiary/aromatic N) is 2. The molecule has 0 spiro atoms. The van der Waals surface area contributed by atoms with Crippen molar-refractivity contribution in [3.05, 3.63) is 17.6 Å². The second-order valence-corrected chi connectivity index (χ2v) is 3.52. The Balaban J connectivity index is 3.08. The minimum absolute atomic E-state index is 0.347. The molecule has 14 heavy (non-hydrogen) atoms. The van der Waals surface area contributed by atoms with Crippen molar-refractivity contribution in [2.75, 3.05) is 12.8 Å². The van der Waals surface area contributed by atoms with E-state index in [0.717, 1.165) is 5.56 Å². The van der Waals surface area contributed by atoms with Crippen molar-refractivity contribution in [2.24, 2.45) is 5.73 Å². The quantitative estimate of drug-likeness (QED) is 0.730. The number of hydrogen-bond donors (Lipinski definition) is 2. The first kappa shape index (κ1) is 10.9. The molecule has 0 bridgehead atoms. The van der Waals surface area contributed by atoms with Gasteiger partial charge in [-0.2, -0.15) is 0 Å². The third-order valence-electron chi connectivity index (χ3n) is 2.17. The van der Waals surface area contributed by atoms with E-state index in [0.29, 0.717) is 18.2 Å². The maximum absolute atomic E-state index is 5.70. The zero-order valence-corrected chi connectivity index (χ0v) is 8.74. The molecule has 78 valence electrons. The van der Waals surface area contributed by atoms with E-state index in [1.54, 1.807) is 13.3 Å². The van der Waals surface area contributed by atoms with E-state index in [9.17, 15) is 0 Å². The molecule has 1 aromatic rings. The van der Waals surface area contributed by atoms with Crippen molar-refractivity contribution >= 4 is 5.82 Å². The number of methoxy groups -OCH3 is 1. The van der Waals surface area contributed by atoms with Gasteiger partial charge in [0.25, 0.3) is 0 Å². The lowest BCUT2D eigenvalue weighted by Crippen LogP contribution is -2.24. The molecule has 5 nitrogen and oxygen atoms in total. The van der Waals surface area contributed by atoms with Crippen LogP contribution in [0.1, 0.15) is 25.2 Å². The maximum atomic E-state index is 5.70. The highest BCUT2D eigenvalue weighted by atomic mass is 16.5. The number of anilines is 1. The summed E-state index contributed by atoms with van der Waals surface area (Å²) in [6.07, 6.45) is 1.64. The lowest BCUT2D eigenvalue weighted by molar-refractivity contribution is 0.0115. The predicted octanol–water partition coefficient (Wildman–Crippen LogP) is 0.399. The van der Waals surface area contributed by atoms with Gasteiger partial charge in [0.2, 0.25) is 0 Å². The van der Waals surface area contributed by atoms with Gasteiger partial charge in [-0.05, 0) is 13.8 Å². The smallest absolute Gasteiger partial charge is 0.162 e. The summed E-state index contributed by atoms with van der Waals surface area (Å²) >= 11 is 0. The van der Waals surface area contributed by atoms with Gasteiger partial charge >= 0.3 is 0 Å². The zero-order valence-electron chi connectivity index (χ0n) is 8.74. The molecule has 0 aliphatic rings. The lowest BCUT2D eigenvalue weighted by atomic mass is 10.1. The molecule has 1 aromatic heterocycles. The highest BCUT2D eigenvalue weighted by Gasteiger charge is 2.23. The first-order valence-electron chi connectivity index (χ1n) is 4.38. The summed E-state index contributed by atoms with van der Waals surface area (Å²) in [6, 6.07) is 0. The Labute approximate surface area is 83.5 Å². The number of rotatable bonds is 3. The van der Waals surface area contributed by atoms with Crippen LogP contribution >= 0.6 is 0 Å². The van der Waals surface area contributed by atoms with Crippen molar-refractivity contribution < 1.29 is 4.74 Å². The van der Waals surface area contributed by atoms with E-state index in [1.807, 2.05) is 13.8 Å². The van der Waals surface area contributed by atoms with Crippen molar-refractivity contribution in [1.82, 2.24) is 9.97 Å². The largest absolute Gasteiger partial charge is 0.383 e. The highest BCUT2D eigenvalue weighted by molar-refractivity contribution is 5.37. The van der Waals surface area contributed by atoms with E-state index in [2.05, 4.69) is 9.97 Å². The van der Waals surface area contributed by atoms with E-state index in [4.69, 9.17) is 16.2 Å². The molecule has 5 heteroatoms. The number of ether oxygens (including phenoxy) is 1. The fraction of sp³-hybridized carbons (Fsp3) is 0.556. The van der Waals surface area contributed by atoms with E-state index >= 15 is 0 Å². The summed E-state index contributed by atoms with van der Waals surface area (Å²) in [6.45, 7) is 4.10. The summed E-state index contributed by atoms with van der Waals surface area (Å²) < 4.78 is 5.24. The van der Waals surface area contributed by atoms with Gasteiger partial charge < -0.3 is 16.2 Å². The van der Waals surface area contributed by atoms with Crippen molar-refractivity contribution in [3.8, 4) is 0 Å². The van der Waals surface area contributed by atoms with Crippen LogP contribution in [0.3, 0.4) is 0 Å². The van der Waals surface area contributed by atoms with Crippen LogP contribution in [0.15, 0.2) is 6.20 Å². The van der Waals surface area contributed by atoms with Crippen molar-refractivity contribution in [3.63, 3.8) is 0 Å². The first-order chi connectivity index (χ1) is 6.51. The molecule has 1 rings (SSSR count). The molecule has 0 aliphatic carbocycles. The van der Waals surface area contributed by atoms with Gasteiger partial charge in [0.1, 0.15) is 11.4 Å². The molecule has 0 saturated carbocycles. The molecule has 0 fully saturated rings. The minimum Gasteiger partial charge on any atom is -0.383 e. The fourth-order valence-electron chi connectivity index (χ4n) is 0.959. The van der Waals surface area contributed by atoms with Gasteiger partial charge in [0.15, 0.2) is 5.82 Å². The third-order valence-corrected chi connectivity index (χ3v) is 2.17. The Morgan fingerprint density at radius 3 is 2.57 bits per heavy atom. The SMILES string of the molecule is COC(C)(C)c1ncc(CN)c(N)n1. The molecule has 4 N–H and O–H groups in total. The Morgan fingerprint density at radius 2 is 2.14 bits per heavy atom. The van der Waals surface area contributed by atoms with Crippen LogP contribution in [0.4, 0.5) is 5.82 Å². The second kappa shape index (κ2) is 3.89. The Morgan fingerprint density at radius 1 is 1.50 bits per heavy atom. The highest BCUT2D eigenvalue weighted by Crippen LogP contribution is 2.21. The molecule has 0 unspecified atom stereocenters. The molecule has 0 saturated heterocycles. The number of nitrogen functional groups attached to an aromatic ring is 1. The molecule has 1 heterocycles. The van der Waals surface area contributed by atoms with Gasteiger partial charge in [-0.15, -0.1) is 0 Å². The van der Waals surface area contributed by atoms with E-state index in [1.165, 1.54) is 0 Å². The summed E-state index contributed by atoms with van der Waals surface area (Å²) in [5.41, 5.74) is 11.4. The average Bonchev–Trinajstić information content (AvgIpc) is 2.17. The average molecular weight is 196 g/mol. The molecular formula is C9H16N4O. The molecule has 0 amide bonds. The molecular weight excluding hydrogens is 180 g/mol. The molecule has 0 aliphatic heterocycles. The maximum Gasteiger partial charge on any atom is 0.162 e. The minimum atomic E-state index is -0.527. The van der Waals surface area contributed by atoms with E-state index < -0.39 is 5.60 Å². The second-order valence-electron chi connectivity index (χ2n) is 3.52. The summed E-state index contributed by atoms with van der Waals surface area (Å²) in [7, 11) is 1.61. The van der Waals surface area contributed by atoms with Crippen LogP contribution in [-0.2, 0) is 16.9 Å². The van der Waals surface area contributed by atoms with Gasteiger partial charge in [-0.3, -0.25) is 0 Å². The summed E-state index contributed by atoms with van der Waals surface area (Å²) in [5.74, 6) is 0.984. The summed E-state index contributed by atoms with van der Waals surface area (Å²) in [5, 5.41) is 0. The topological polar surface area (TPSA) is 87.0 Å². The summed E-state index contributed by atoms with van der Waals surface area (Å²) in [4.78, 5) is 8.30. The monoisotopic (exact) mass is 196 g/mol. The predicted molar refractivity (Wildman–Crippen MR) is 54.4 cm³/mol. The lowest BCUT2D eigenvalue weighted by Gasteiger charge is -2.21. The van der Waals surface area contributed by atoms with E-state index in [-0.39, 0.29) is 0 Å². The van der Waals surface area contributed by atoms with Crippen LogP contribution in [-0.4, -0.2) is 17.1 Å². The van der Waals surface area contributed by atoms with Crippen LogP contribution in [0, 0.1) is 0 Å². The third kappa shape index (κ3) is 2.00. The fourth-order valence-corrected chi connectivity index (χ4v) is 0.959.